The number of sulfonamides is 1. The molecule has 0 aliphatic carbocycles. The van der Waals surface area contributed by atoms with Crippen LogP contribution in [0.5, 0.6) is 0 Å². The van der Waals surface area contributed by atoms with Crippen LogP contribution in [0, 0.1) is 6.92 Å². The van der Waals surface area contributed by atoms with E-state index in [-0.39, 0.29) is 10.9 Å². The summed E-state index contributed by atoms with van der Waals surface area (Å²) < 4.78 is 29.3. The number of hydrogen-bond acceptors (Lipinski definition) is 6. The summed E-state index contributed by atoms with van der Waals surface area (Å²) in [6, 6.07) is 6.80. The number of nitrogens with one attached hydrogen (secondary N) is 1. The summed E-state index contributed by atoms with van der Waals surface area (Å²) in [5.41, 5.74) is 1.83. The molecule has 0 amide bonds. The van der Waals surface area contributed by atoms with Crippen molar-refractivity contribution in [1.29, 1.82) is 0 Å². The van der Waals surface area contributed by atoms with Gasteiger partial charge in [-0.1, -0.05) is 0 Å². The van der Waals surface area contributed by atoms with E-state index in [4.69, 9.17) is 0 Å². The molecule has 1 aromatic carbocycles. The summed E-state index contributed by atoms with van der Waals surface area (Å²) >= 11 is 0. The Balaban J connectivity index is 1.47. The van der Waals surface area contributed by atoms with Gasteiger partial charge in [0, 0.05) is 24.8 Å². The Labute approximate surface area is 151 Å². The first-order chi connectivity index (χ1) is 12.5. The number of hydrogen-bond donors (Lipinski definition) is 1. The zero-order chi connectivity index (χ0) is 18.1. The smallest absolute Gasteiger partial charge is 0.243 e. The van der Waals surface area contributed by atoms with Gasteiger partial charge in [0.25, 0.3) is 0 Å². The van der Waals surface area contributed by atoms with Gasteiger partial charge in [-0.05, 0) is 54.8 Å². The molecular formula is C16H19N7O2S. The molecule has 1 fully saturated rings. The third-order valence-corrected chi connectivity index (χ3v) is 6.54. The zero-order valence-electron chi connectivity index (χ0n) is 14.3. The van der Waals surface area contributed by atoms with Crippen molar-refractivity contribution in [3.63, 3.8) is 0 Å². The second kappa shape index (κ2) is 6.61. The van der Waals surface area contributed by atoms with Crippen molar-refractivity contribution in [2.75, 3.05) is 13.1 Å². The van der Waals surface area contributed by atoms with Crippen molar-refractivity contribution < 1.29 is 8.42 Å². The first-order valence-electron chi connectivity index (χ1n) is 8.39. The lowest BCUT2D eigenvalue weighted by molar-refractivity contribution is 0.261. The highest BCUT2D eigenvalue weighted by Gasteiger charge is 2.30. The summed E-state index contributed by atoms with van der Waals surface area (Å²) in [7, 11) is -3.51. The van der Waals surface area contributed by atoms with E-state index in [0.29, 0.717) is 24.5 Å². The van der Waals surface area contributed by atoms with Crippen LogP contribution in [-0.4, -0.2) is 56.2 Å². The molecule has 0 saturated carbocycles. The molecular weight excluding hydrogens is 354 g/mol. The van der Waals surface area contributed by atoms with Crippen LogP contribution in [-0.2, 0) is 10.0 Å². The first kappa shape index (κ1) is 16.9. The Morgan fingerprint density at radius 3 is 2.46 bits per heavy atom. The maximum atomic E-state index is 12.9. The molecule has 0 radical (unpaired) electrons. The normalized spacial score (nSPS) is 16.8. The van der Waals surface area contributed by atoms with Crippen LogP contribution in [0.25, 0.3) is 11.4 Å². The van der Waals surface area contributed by atoms with Gasteiger partial charge in [-0.3, -0.25) is 4.68 Å². The maximum Gasteiger partial charge on any atom is 0.243 e. The van der Waals surface area contributed by atoms with Crippen molar-refractivity contribution in [2.24, 2.45) is 0 Å². The Hall–Kier alpha value is -2.59. The lowest BCUT2D eigenvalue weighted by atomic mass is 10.1. The molecule has 26 heavy (non-hydrogen) atoms. The van der Waals surface area contributed by atoms with Crippen molar-refractivity contribution >= 4 is 10.0 Å². The van der Waals surface area contributed by atoms with Crippen molar-refractivity contribution in [3.8, 4) is 11.4 Å². The third kappa shape index (κ3) is 3.13. The summed E-state index contributed by atoms with van der Waals surface area (Å²) in [4.78, 5) is 0.276. The number of piperidine rings is 1. The Morgan fingerprint density at radius 2 is 1.88 bits per heavy atom. The number of aromatic nitrogens is 6. The zero-order valence-corrected chi connectivity index (χ0v) is 15.1. The van der Waals surface area contributed by atoms with Gasteiger partial charge in [0.1, 0.15) is 0 Å². The molecule has 1 N–H and O–H groups in total. The minimum Gasteiger partial charge on any atom is -0.269 e. The summed E-state index contributed by atoms with van der Waals surface area (Å²) in [6.45, 7) is 2.97. The largest absolute Gasteiger partial charge is 0.269 e. The van der Waals surface area contributed by atoms with Crippen LogP contribution in [0.4, 0.5) is 0 Å². The Bertz CT molecular complexity index is 972. The second-order valence-corrected chi connectivity index (χ2v) is 8.33. The fraction of sp³-hybridized carbons (Fsp3) is 0.375. The van der Waals surface area contributed by atoms with Crippen molar-refractivity contribution in [3.05, 3.63) is 42.2 Å². The summed E-state index contributed by atoms with van der Waals surface area (Å²) in [6.07, 6.45) is 5.34. The highest BCUT2D eigenvalue weighted by molar-refractivity contribution is 7.89. The van der Waals surface area contributed by atoms with E-state index in [1.54, 1.807) is 28.6 Å². The number of benzene rings is 1. The van der Waals surface area contributed by atoms with Crippen LogP contribution in [0.1, 0.15) is 24.4 Å². The molecule has 4 rings (SSSR count). The molecule has 0 unspecified atom stereocenters. The van der Waals surface area contributed by atoms with Gasteiger partial charge in [-0.15, -0.1) is 10.2 Å². The highest BCUT2D eigenvalue weighted by Crippen LogP contribution is 2.27. The number of rotatable bonds is 4. The van der Waals surface area contributed by atoms with E-state index in [0.717, 1.165) is 18.4 Å². The fourth-order valence-electron chi connectivity index (χ4n) is 3.19. The molecule has 9 nitrogen and oxygen atoms in total. The average molecular weight is 373 g/mol. The molecule has 0 spiro atoms. The van der Waals surface area contributed by atoms with Crippen molar-refractivity contribution in [2.45, 2.75) is 30.7 Å². The number of aryl methyl sites for hydroxylation is 1. The molecule has 1 saturated heterocycles. The van der Waals surface area contributed by atoms with E-state index < -0.39 is 10.0 Å². The van der Waals surface area contributed by atoms with Crippen LogP contribution >= 0.6 is 0 Å². The van der Waals surface area contributed by atoms with Gasteiger partial charge in [-0.25, -0.2) is 8.42 Å². The number of tetrazole rings is 1. The second-order valence-electron chi connectivity index (χ2n) is 6.39. The summed E-state index contributed by atoms with van der Waals surface area (Å²) in [5, 5.41) is 18.0. The van der Waals surface area contributed by atoms with Gasteiger partial charge in [0.15, 0.2) is 0 Å². The topological polar surface area (TPSA) is 110 Å². The molecule has 1 aliphatic heterocycles. The minimum atomic E-state index is -3.51. The molecule has 3 heterocycles. The Morgan fingerprint density at radius 1 is 1.15 bits per heavy atom. The molecule has 1 aliphatic rings. The SMILES string of the molecule is Cc1cnn(C2CCN(S(=O)(=O)c3ccc(-c4nn[nH]n4)cc3)CC2)c1. The van der Waals surface area contributed by atoms with Gasteiger partial charge < -0.3 is 0 Å². The van der Waals surface area contributed by atoms with Gasteiger partial charge in [-0.2, -0.15) is 14.6 Å². The fourth-order valence-corrected chi connectivity index (χ4v) is 4.66. The minimum absolute atomic E-state index is 0.246. The van der Waals surface area contributed by atoms with Gasteiger partial charge in [0.05, 0.1) is 17.1 Å². The van der Waals surface area contributed by atoms with E-state index in [2.05, 4.69) is 25.7 Å². The lowest BCUT2D eigenvalue weighted by Crippen LogP contribution is -2.39. The first-order valence-corrected chi connectivity index (χ1v) is 9.83. The van der Waals surface area contributed by atoms with Gasteiger partial charge >= 0.3 is 0 Å². The molecule has 0 bridgehead atoms. The van der Waals surface area contributed by atoms with E-state index in [1.165, 1.54) is 0 Å². The molecule has 0 atom stereocenters. The van der Waals surface area contributed by atoms with E-state index >= 15 is 0 Å². The van der Waals surface area contributed by atoms with Crippen molar-refractivity contribution in [1.82, 2.24) is 34.7 Å². The molecule has 3 aromatic rings. The van der Waals surface area contributed by atoms with Crippen LogP contribution in [0.15, 0.2) is 41.6 Å². The third-order valence-electron chi connectivity index (χ3n) is 4.62. The van der Waals surface area contributed by atoms with E-state index in [9.17, 15) is 8.42 Å². The monoisotopic (exact) mass is 373 g/mol. The predicted molar refractivity (Wildman–Crippen MR) is 93.6 cm³/mol. The van der Waals surface area contributed by atoms with Gasteiger partial charge in [0.2, 0.25) is 15.8 Å². The highest BCUT2D eigenvalue weighted by atomic mass is 32.2. The van der Waals surface area contributed by atoms with Crippen LogP contribution < -0.4 is 0 Å². The number of H-pyrrole nitrogens is 1. The van der Waals surface area contributed by atoms with Crippen LogP contribution in [0.3, 0.4) is 0 Å². The lowest BCUT2D eigenvalue weighted by Gasteiger charge is -2.31. The maximum absolute atomic E-state index is 12.9. The molecule has 136 valence electrons. The van der Waals surface area contributed by atoms with E-state index in [1.807, 2.05) is 24.0 Å². The molecule has 10 heteroatoms. The standard InChI is InChI=1S/C16H19N7O2S/c1-12-10-17-23(11-12)14-6-8-22(9-7-14)26(24,25)15-4-2-13(3-5-15)16-18-20-21-19-16/h2-5,10-11,14H,6-9H2,1H3,(H,18,19,20,21). The van der Waals surface area contributed by atoms with Crippen LogP contribution in [0.2, 0.25) is 0 Å². The number of aromatic amines is 1. The number of nitrogens with zero attached hydrogens (tertiary/aromatic N) is 6. The molecule has 2 aromatic heterocycles. The summed E-state index contributed by atoms with van der Waals surface area (Å²) in [5.74, 6) is 0.435. The Kier molecular flexibility index (Phi) is 4.29. The quantitative estimate of drug-likeness (QED) is 0.740. The average Bonchev–Trinajstić information content (AvgIpc) is 3.34. The predicted octanol–water partition coefficient (Wildman–Crippen LogP) is 1.40.